The van der Waals surface area contributed by atoms with E-state index in [2.05, 4.69) is 18.8 Å². The fourth-order valence-corrected chi connectivity index (χ4v) is 5.19. The molecule has 6 heteroatoms. The Balaban J connectivity index is 1.48. The summed E-state index contributed by atoms with van der Waals surface area (Å²) in [6.07, 6.45) is 2.60. The Labute approximate surface area is 222 Å². The number of rotatable bonds is 9. The third-order valence-corrected chi connectivity index (χ3v) is 7.33. The molecule has 0 bridgehead atoms. The highest BCUT2D eigenvalue weighted by Gasteiger charge is 2.43. The lowest BCUT2D eigenvalue weighted by Gasteiger charge is -2.27. The van der Waals surface area contributed by atoms with E-state index >= 15 is 0 Å². The first kappa shape index (κ1) is 25.3. The molecule has 5 rings (SSSR count). The molecule has 0 spiro atoms. The molecule has 4 aromatic rings. The van der Waals surface area contributed by atoms with Gasteiger partial charge in [0, 0.05) is 30.1 Å². The van der Waals surface area contributed by atoms with Gasteiger partial charge in [0.1, 0.15) is 5.75 Å². The summed E-state index contributed by atoms with van der Waals surface area (Å²) in [5.74, 6) is -0.111. The zero-order chi connectivity index (χ0) is 26.8. The van der Waals surface area contributed by atoms with E-state index in [0.717, 1.165) is 33.3 Å². The summed E-state index contributed by atoms with van der Waals surface area (Å²) in [7, 11) is 1.63. The van der Waals surface area contributed by atoms with E-state index in [0.29, 0.717) is 18.9 Å². The first-order valence-corrected chi connectivity index (χ1v) is 12.9. The average Bonchev–Trinajstić information content (AvgIpc) is 3.45. The van der Waals surface area contributed by atoms with Gasteiger partial charge in [-0.3, -0.25) is 9.59 Å². The minimum atomic E-state index is -0.653. The number of aromatic amines is 1. The molecule has 1 aliphatic rings. The van der Waals surface area contributed by atoms with Crippen LogP contribution in [0.25, 0.3) is 10.9 Å². The third-order valence-electron chi connectivity index (χ3n) is 7.33. The number of ketones is 1. The second-order valence-corrected chi connectivity index (χ2v) is 10.0. The van der Waals surface area contributed by atoms with Gasteiger partial charge in [-0.15, -0.1) is 0 Å². The molecule has 38 heavy (non-hydrogen) atoms. The van der Waals surface area contributed by atoms with Crippen molar-refractivity contribution in [1.29, 1.82) is 0 Å². The summed E-state index contributed by atoms with van der Waals surface area (Å²) >= 11 is 0. The van der Waals surface area contributed by atoms with Crippen molar-refractivity contribution in [1.82, 2.24) is 9.88 Å². The highest BCUT2D eigenvalue weighted by Crippen LogP contribution is 2.39. The van der Waals surface area contributed by atoms with Crippen molar-refractivity contribution in [2.24, 2.45) is 0 Å². The Morgan fingerprint density at radius 3 is 2.47 bits per heavy atom. The molecule has 1 aliphatic heterocycles. The smallest absolute Gasteiger partial charge is 0.290 e. The zero-order valence-electron chi connectivity index (χ0n) is 21.9. The van der Waals surface area contributed by atoms with Crippen LogP contribution in [0.2, 0.25) is 0 Å². The Bertz CT molecular complexity index is 1500. The number of methoxy groups -OCH3 is 1. The van der Waals surface area contributed by atoms with E-state index in [1.165, 1.54) is 5.56 Å². The number of amides is 1. The molecule has 0 unspecified atom stereocenters. The van der Waals surface area contributed by atoms with Gasteiger partial charge in [0.15, 0.2) is 11.5 Å². The number of carbonyl (C=O) groups excluding carboxylic acids is 2. The minimum Gasteiger partial charge on any atom is -0.503 e. The van der Waals surface area contributed by atoms with Gasteiger partial charge in [-0.25, -0.2) is 0 Å². The second kappa shape index (κ2) is 10.6. The predicted molar refractivity (Wildman–Crippen MR) is 148 cm³/mol. The number of aliphatic hydroxyl groups excluding tert-OH is 1. The van der Waals surface area contributed by atoms with E-state index in [1.54, 1.807) is 12.0 Å². The number of H-pyrrole nitrogens is 1. The lowest BCUT2D eigenvalue weighted by atomic mass is 9.91. The van der Waals surface area contributed by atoms with Crippen molar-refractivity contribution in [3.8, 4) is 5.75 Å². The summed E-state index contributed by atoms with van der Waals surface area (Å²) in [5.41, 5.74) is 4.99. The first-order valence-electron chi connectivity index (χ1n) is 12.9. The molecule has 0 radical (unpaired) electrons. The molecule has 3 aromatic carbocycles. The normalized spacial score (nSPS) is 15.6. The molecule has 0 fully saturated rings. The van der Waals surface area contributed by atoms with Crippen LogP contribution in [0.1, 0.15) is 48.1 Å². The van der Waals surface area contributed by atoms with E-state index in [-0.39, 0.29) is 17.8 Å². The summed E-state index contributed by atoms with van der Waals surface area (Å²) in [5, 5.41) is 12.0. The summed E-state index contributed by atoms with van der Waals surface area (Å²) in [4.78, 5) is 31.8. The largest absolute Gasteiger partial charge is 0.503 e. The molecule has 1 aromatic heterocycles. The highest BCUT2D eigenvalue weighted by atomic mass is 16.5. The molecule has 1 amide bonds. The predicted octanol–water partition coefficient (Wildman–Crippen LogP) is 6.05. The van der Waals surface area contributed by atoms with Crippen LogP contribution < -0.4 is 4.74 Å². The molecule has 2 heterocycles. The molecular formula is C32H32N2O4. The lowest BCUT2D eigenvalue weighted by molar-refractivity contribution is -0.129. The fourth-order valence-electron chi connectivity index (χ4n) is 5.19. The Morgan fingerprint density at radius 1 is 1.05 bits per heavy atom. The number of aromatic nitrogens is 1. The third kappa shape index (κ3) is 4.82. The molecular weight excluding hydrogens is 476 g/mol. The molecule has 0 saturated heterocycles. The number of benzene rings is 3. The van der Waals surface area contributed by atoms with E-state index in [9.17, 15) is 14.7 Å². The number of hydrogen-bond donors (Lipinski definition) is 2. The van der Waals surface area contributed by atoms with Crippen molar-refractivity contribution in [3.05, 3.63) is 113 Å². The SMILES string of the molecule is COc1ccc2[nH]cc(CCN3C(=O)C(O)=C(C(=O)Cc4ccccc4)[C@H]3c3ccc(C(C)C)cc3)c2c1. The van der Waals surface area contributed by atoms with Crippen molar-refractivity contribution in [3.63, 3.8) is 0 Å². The minimum absolute atomic E-state index is 0.115. The van der Waals surface area contributed by atoms with Crippen LogP contribution in [0.15, 0.2) is 90.3 Å². The number of ether oxygens (including phenoxy) is 1. The first-order chi connectivity index (χ1) is 18.4. The van der Waals surface area contributed by atoms with E-state index in [4.69, 9.17) is 4.74 Å². The molecule has 194 valence electrons. The van der Waals surface area contributed by atoms with Crippen LogP contribution in [0.5, 0.6) is 5.75 Å². The quantitative estimate of drug-likeness (QED) is 0.288. The monoisotopic (exact) mass is 508 g/mol. The molecule has 0 aliphatic carbocycles. The summed E-state index contributed by atoms with van der Waals surface area (Å²) < 4.78 is 5.39. The van der Waals surface area contributed by atoms with Crippen LogP contribution in [0.4, 0.5) is 0 Å². The van der Waals surface area contributed by atoms with E-state index in [1.807, 2.05) is 79.0 Å². The summed E-state index contributed by atoms with van der Waals surface area (Å²) in [6, 6.07) is 22.6. The summed E-state index contributed by atoms with van der Waals surface area (Å²) in [6.45, 7) is 4.58. The Morgan fingerprint density at radius 2 is 1.79 bits per heavy atom. The molecule has 1 atom stereocenters. The second-order valence-electron chi connectivity index (χ2n) is 10.0. The number of nitrogens with zero attached hydrogens (tertiary/aromatic N) is 1. The fraction of sp³-hybridized carbons (Fsp3) is 0.250. The Hall–Kier alpha value is -4.32. The van der Waals surface area contributed by atoms with Gasteiger partial charge in [0.2, 0.25) is 0 Å². The van der Waals surface area contributed by atoms with Crippen molar-refractivity contribution in [2.75, 3.05) is 13.7 Å². The average molecular weight is 509 g/mol. The number of carbonyl (C=O) groups is 2. The number of hydrogen-bond acceptors (Lipinski definition) is 4. The van der Waals surface area contributed by atoms with Crippen molar-refractivity contribution < 1.29 is 19.4 Å². The van der Waals surface area contributed by atoms with Gasteiger partial charge in [-0.2, -0.15) is 0 Å². The standard InChI is InChI=1S/C32H32N2O4/c1-20(2)22-9-11-23(12-10-22)30-29(28(35)17-21-7-5-4-6-8-21)31(36)32(37)34(30)16-15-24-19-33-27-14-13-25(38-3)18-26(24)27/h4-14,18-20,30,33,36H,15-17H2,1-3H3/t30-/m1/s1. The van der Waals surface area contributed by atoms with Gasteiger partial charge in [0.25, 0.3) is 5.91 Å². The number of nitrogens with one attached hydrogen (secondary N) is 1. The number of Topliss-reactive ketones (excluding diaryl/α,β-unsaturated/α-hetero) is 1. The van der Waals surface area contributed by atoms with Gasteiger partial charge >= 0.3 is 0 Å². The van der Waals surface area contributed by atoms with Gasteiger partial charge in [-0.05, 0) is 52.8 Å². The van der Waals surface area contributed by atoms with Crippen LogP contribution in [0, 0.1) is 0 Å². The van der Waals surface area contributed by atoms with Crippen LogP contribution in [-0.4, -0.2) is 40.3 Å². The van der Waals surface area contributed by atoms with Gasteiger partial charge in [0.05, 0.1) is 18.7 Å². The van der Waals surface area contributed by atoms with Crippen molar-refractivity contribution >= 4 is 22.6 Å². The van der Waals surface area contributed by atoms with Crippen LogP contribution >= 0.6 is 0 Å². The van der Waals surface area contributed by atoms with Crippen LogP contribution in [-0.2, 0) is 22.4 Å². The number of aliphatic hydroxyl groups is 1. The van der Waals surface area contributed by atoms with Crippen LogP contribution in [0.3, 0.4) is 0 Å². The molecule has 0 saturated carbocycles. The maximum Gasteiger partial charge on any atom is 0.290 e. The number of fused-ring (bicyclic) bond motifs is 1. The Kier molecular flexibility index (Phi) is 7.05. The van der Waals surface area contributed by atoms with E-state index < -0.39 is 17.7 Å². The zero-order valence-corrected chi connectivity index (χ0v) is 21.9. The molecule has 2 N–H and O–H groups in total. The topological polar surface area (TPSA) is 82.6 Å². The van der Waals surface area contributed by atoms with Gasteiger partial charge in [-0.1, -0.05) is 68.4 Å². The lowest BCUT2D eigenvalue weighted by Crippen LogP contribution is -2.33. The van der Waals surface area contributed by atoms with Crippen molar-refractivity contribution in [2.45, 2.75) is 38.6 Å². The highest BCUT2D eigenvalue weighted by molar-refractivity contribution is 6.09. The maximum atomic E-state index is 13.5. The van der Waals surface area contributed by atoms with Gasteiger partial charge < -0.3 is 19.7 Å². The molecule has 6 nitrogen and oxygen atoms in total. The maximum absolute atomic E-state index is 13.5.